The van der Waals surface area contributed by atoms with Crippen LogP contribution in [0.1, 0.15) is 19.3 Å². The average Bonchev–Trinajstić information content (AvgIpc) is 3.04. The SMILES string of the molecule is NCCCN(CC(=O)NCC(F)(F)F)C1CC1. The van der Waals surface area contributed by atoms with E-state index in [1.807, 2.05) is 10.2 Å². The molecule has 1 aliphatic carbocycles. The average molecular weight is 253 g/mol. The van der Waals surface area contributed by atoms with Gasteiger partial charge in [-0.25, -0.2) is 0 Å². The van der Waals surface area contributed by atoms with Crippen LogP contribution in [-0.4, -0.2) is 49.2 Å². The van der Waals surface area contributed by atoms with Crippen molar-refractivity contribution in [1.82, 2.24) is 10.2 Å². The fourth-order valence-corrected chi connectivity index (χ4v) is 1.56. The van der Waals surface area contributed by atoms with Crippen molar-refractivity contribution in [2.24, 2.45) is 5.73 Å². The zero-order valence-corrected chi connectivity index (χ0v) is 9.59. The molecule has 0 aromatic rings. The molecule has 0 aliphatic heterocycles. The molecule has 0 heterocycles. The Kier molecular flexibility index (Phi) is 5.20. The zero-order chi connectivity index (χ0) is 12.9. The molecule has 1 amide bonds. The third-order valence-electron chi connectivity index (χ3n) is 2.55. The van der Waals surface area contributed by atoms with Crippen LogP contribution in [0.3, 0.4) is 0 Å². The monoisotopic (exact) mass is 253 g/mol. The van der Waals surface area contributed by atoms with Gasteiger partial charge in [0.15, 0.2) is 0 Å². The van der Waals surface area contributed by atoms with Crippen LogP contribution in [0.5, 0.6) is 0 Å². The Morgan fingerprint density at radius 3 is 2.53 bits per heavy atom. The van der Waals surface area contributed by atoms with Crippen LogP contribution in [0, 0.1) is 0 Å². The number of nitrogens with two attached hydrogens (primary N) is 1. The molecule has 3 N–H and O–H groups in total. The maximum Gasteiger partial charge on any atom is 0.405 e. The lowest BCUT2D eigenvalue weighted by Crippen LogP contribution is -2.42. The summed E-state index contributed by atoms with van der Waals surface area (Å²) in [6, 6.07) is 0.346. The second-order valence-electron chi connectivity index (χ2n) is 4.24. The summed E-state index contributed by atoms with van der Waals surface area (Å²) >= 11 is 0. The Labute approximate surface area is 98.3 Å². The van der Waals surface area contributed by atoms with Gasteiger partial charge in [0.2, 0.25) is 5.91 Å². The summed E-state index contributed by atoms with van der Waals surface area (Å²) in [4.78, 5) is 13.2. The van der Waals surface area contributed by atoms with Crippen molar-refractivity contribution in [2.75, 3.05) is 26.2 Å². The molecule has 0 atom stereocenters. The summed E-state index contributed by atoms with van der Waals surface area (Å²) in [7, 11) is 0. The van der Waals surface area contributed by atoms with Gasteiger partial charge in [0, 0.05) is 12.6 Å². The highest BCUT2D eigenvalue weighted by atomic mass is 19.4. The van der Waals surface area contributed by atoms with E-state index in [9.17, 15) is 18.0 Å². The minimum Gasteiger partial charge on any atom is -0.346 e. The molecule has 0 aromatic carbocycles. The van der Waals surface area contributed by atoms with Crippen LogP contribution in [0.2, 0.25) is 0 Å². The number of halogens is 3. The van der Waals surface area contributed by atoms with Gasteiger partial charge >= 0.3 is 6.18 Å². The fourth-order valence-electron chi connectivity index (χ4n) is 1.56. The lowest BCUT2D eigenvalue weighted by molar-refractivity contribution is -0.139. The van der Waals surface area contributed by atoms with Gasteiger partial charge in [-0.1, -0.05) is 0 Å². The fraction of sp³-hybridized carbons (Fsp3) is 0.900. The Morgan fingerprint density at radius 1 is 1.41 bits per heavy atom. The first-order chi connectivity index (χ1) is 7.92. The molecule has 100 valence electrons. The first kappa shape index (κ1) is 14.2. The number of hydrogen-bond donors (Lipinski definition) is 2. The lowest BCUT2D eigenvalue weighted by Gasteiger charge is -2.21. The summed E-state index contributed by atoms with van der Waals surface area (Å²) in [6.45, 7) is -0.0457. The highest BCUT2D eigenvalue weighted by Crippen LogP contribution is 2.26. The maximum atomic E-state index is 11.9. The molecule has 4 nitrogen and oxygen atoms in total. The Hall–Kier alpha value is -0.820. The van der Waals surface area contributed by atoms with Gasteiger partial charge in [-0.15, -0.1) is 0 Å². The molecule has 0 radical (unpaired) electrons. The van der Waals surface area contributed by atoms with E-state index in [1.165, 1.54) is 0 Å². The molecule has 1 saturated carbocycles. The highest BCUT2D eigenvalue weighted by molar-refractivity contribution is 5.78. The second kappa shape index (κ2) is 6.20. The Bertz CT molecular complexity index is 254. The van der Waals surface area contributed by atoms with Crippen LogP contribution in [0.4, 0.5) is 13.2 Å². The Balaban J connectivity index is 2.26. The first-order valence-corrected chi connectivity index (χ1v) is 5.70. The molecule has 0 unspecified atom stereocenters. The van der Waals surface area contributed by atoms with Gasteiger partial charge in [0.25, 0.3) is 0 Å². The highest BCUT2D eigenvalue weighted by Gasteiger charge is 2.31. The third kappa shape index (κ3) is 6.48. The van der Waals surface area contributed by atoms with E-state index in [2.05, 4.69) is 0 Å². The summed E-state index contributed by atoms with van der Waals surface area (Å²) < 4.78 is 35.6. The van der Waals surface area contributed by atoms with Gasteiger partial charge in [0.1, 0.15) is 6.54 Å². The van der Waals surface area contributed by atoms with Gasteiger partial charge in [-0.3, -0.25) is 9.69 Å². The Morgan fingerprint density at radius 2 is 2.06 bits per heavy atom. The molecule has 7 heteroatoms. The van der Waals surface area contributed by atoms with E-state index in [-0.39, 0.29) is 6.54 Å². The maximum absolute atomic E-state index is 11.9. The quantitative estimate of drug-likeness (QED) is 0.693. The second-order valence-corrected chi connectivity index (χ2v) is 4.24. The predicted molar refractivity (Wildman–Crippen MR) is 57.3 cm³/mol. The number of nitrogens with one attached hydrogen (secondary N) is 1. The van der Waals surface area contributed by atoms with Gasteiger partial charge in [0.05, 0.1) is 6.54 Å². The van der Waals surface area contributed by atoms with E-state index in [4.69, 9.17) is 5.73 Å². The van der Waals surface area contributed by atoms with Crippen LogP contribution in [0.15, 0.2) is 0 Å². The molecule has 1 fully saturated rings. The normalized spacial score (nSPS) is 16.3. The number of carbonyl (C=O) groups is 1. The van der Waals surface area contributed by atoms with Crippen molar-refractivity contribution in [3.05, 3.63) is 0 Å². The van der Waals surface area contributed by atoms with Crippen LogP contribution < -0.4 is 11.1 Å². The van der Waals surface area contributed by atoms with E-state index < -0.39 is 18.6 Å². The van der Waals surface area contributed by atoms with Crippen LogP contribution in [0.25, 0.3) is 0 Å². The number of rotatable bonds is 7. The van der Waals surface area contributed by atoms with Gasteiger partial charge in [-0.2, -0.15) is 13.2 Å². The van der Waals surface area contributed by atoms with Crippen LogP contribution in [-0.2, 0) is 4.79 Å². The van der Waals surface area contributed by atoms with Crippen molar-refractivity contribution < 1.29 is 18.0 Å². The third-order valence-corrected chi connectivity index (χ3v) is 2.55. The minimum atomic E-state index is -4.35. The van der Waals surface area contributed by atoms with Crippen LogP contribution >= 0.6 is 0 Å². The van der Waals surface area contributed by atoms with E-state index >= 15 is 0 Å². The number of nitrogens with zero attached hydrogens (tertiary/aromatic N) is 1. The van der Waals surface area contributed by atoms with Crippen molar-refractivity contribution in [3.8, 4) is 0 Å². The van der Waals surface area contributed by atoms with Crippen molar-refractivity contribution in [2.45, 2.75) is 31.5 Å². The van der Waals surface area contributed by atoms with Gasteiger partial charge < -0.3 is 11.1 Å². The van der Waals surface area contributed by atoms with Crippen molar-refractivity contribution in [3.63, 3.8) is 0 Å². The van der Waals surface area contributed by atoms with Gasteiger partial charge in [-0.05, 0) is 25.8 Å². The summed E-state index contributed by atoms with van der Waals surface area (Å²) in [5.74, 6) is -0.578. The molecular formula is C10H18F3N3O. The lowest BCUT2D eigenvalue weighted by atomic mass is 10.3. The summed E-state index contributed by atoms with van der Waals surface area (Å²) in [5.41, 5.74) is 5.37. The molecular weight excluding hydrogens is 235 g/mol. The predicted octanol–water partition coefficient (Wildman–Crippen LogP) is 0.478. The molecule has 1 rings (SSSR count). The molecule has 0 spiro atoms. The topological polar surface area (TPSA) is 58.4 Å². The number of amides is 1. The number of alkyl halides is 3. The number of hydrogen-bond acceptors (Lipinski definition) is 3. The summed E-state index contributed by atoms with van der Waals surface area (Å²) in [6.07, 6.45) is -1.57. The van der Waals surface area contributed by atoms with Crippen molar-refractivity contribution >= 4 is 5.91 Å². The molecule has 0 saturated heterocycles. The first-order valence-electron chi connectivity index (χ1n) is 5.70. The largest absolute Gasteiger partial charge is 0.405 e. The molecule has 17 heavy (non-hydrogen) atoms. The van der Waals surface area contributed by atoms with E-state index in [1.54, 1.807) is 0 Å². The van der Waals surface area contributed by atoms with E-state index in [0.29, 0.717) is 19.1 Å². The smallest absolute Gasteiger partial charge is 0.346 e. The summed E-state index contributed by atoms with van der Waals surface area (Å²) in [5, 5.41) is 1.88. The van der Waals surface area contributed by atoms with E-state index in [0.717, 1.165) is 19.3 Å². The van der Waals surface area contributed by atoms with Crippen molar-refractivity contribution in [1.29, 1.82) is 0 Å². The zero-order valence-electron chi connectivity index (χ0n) is 9.59. The molecule has 0 bridgehead atoms. The number of carbonyl (C=O) groups excluding carboxylic acids is 1. The minimum absolute atomic E-state index is 0.0285. The standard InChI is InChI=1S/C10H18F3N3O/c11-10(12,13)7-15-9(17)6-16(5-1-4-14)8-2-3-8/h8H,1-7,14H2,(H,15,17). The molecule has 1 aliphatic rings. The molecule has 0 aromatic heterocycles.